The second kappa shape index (κ2) is 11.3. The van der Waals surface area contributed by atoms with Crippen molar-refractivity contribution >= 4 is 12.0 Å². The third-order valence-electron chi connectivity index (χ3n) is 4.14. The zero-order valence-corrected chi connectivity index (χ0v) is 13.9. The van der Waals surface area contributed by atoms with Crippen LogP contribution < -0.4 is 5.32 Å². The number of carboxylic acid groups (broad SMARTS) is 1. The van der Waals surface area contributed by atoms with Gasteiger partial charge in [0, 0.05) is 26.2 Å². The van der Waals surface area contributed by atoms with Gasteiger partial charge in [0.05, 0.1) is 6.54 Å². The van der Waals surface area contributed by atoms with Crippen LogP contribution in [0.2, 0.25) is 0 Å². The minimum atomic E-state index is -0.899. The Morgan fingerprint density at radius 3 is 2.05 bits per heavy atom. The number of nitrogens with zero attached hydrogens (tertiary/aromatic N) is 2. The first-order valence-electron chi connectivity index (χ1n) is 8.61. The Labute approximate surface area is 133 Å². The van der Waals surface area contributed by atoms with Crippen LogP contribution in [0, 0.1) is 0 Å². The van der Waals surface area contributed by atoms with Crippen LogP contribution >= 0.6 is 0 Å². The van der Waals surface area contributed by atoms with Crippen LogP contribution in [0.25, 0.3) is 0 Å². The molecule has 0 saturated carbocycles. The first-order valence-corrected chi connectivity index (χ1v) is 8.61. The number of amides is 2. The van der Waals surface area contributed by atoms with Crippen molar-refractivity contribution in [3.8, 4) is 0 Å². The van der Waals surface area contributed by atoms with E-state index >= 15 is 0 Å². The number of hydrogen-bond acceptors (Lipinski definition) is 3. The average Bonchev–Trinajstić information content (AvgIpc) is 2.53. The van der Waals surface area contributed by atoms with Gasteiger partial charge in [0.25, 0.3) is 0 Å². The molecule has 2 N–H and O–H groups in total. The molecule has 1 saturated heterocycles. The van der Waals surface area contributed by atoms with Gasteiger partial charge in [0.15, 0.2) is 0 Å². The van der Waals surface area contributed by atoms with Crippen molar-refractivity contribution in [3.05, 3.63) is 0 Å². The summed E-state index contributed by atoms with van der Waals surface area (Å²) in [5, 5.41) is 12.1. The van der Waals surface area contributed by atoms with E-state index in [9.17, 15) is 9.59 Å². The van der Waals surface area contributed by atoms with E-state index in [0.717, 1.165) is 13.0 Å². The summed E-state index contributed by atoms with van der Waals surface area (Å²) in [7, 11) is 0. The van der Waals surface area contributed by atoms with Gasteiger partial charge in [-0.15, -0.1) is 0 Å². The maximum atomic E-state index is 12.0. The lowest BCUT2D eigenvalue weighted by Crippen LogP contribution is -2.52. The molecule has 0 unspecified atom stereocenters. The molecule has 22 heavy (non-hydrogen) atoms. The fourth-order valence-corrected chi connectivity index (χ4v) is 2.66. The first kappa shape index (κ1) is 18.7. The Morgan fingerprint density at radius 1 is 0.909 bits per heavy atom. The number of hydrogen-bond donors (Lipinski definition) is 2. The van der Waals surface area contributed by atoms with Crippen LogP contribution in [0.15, 0.2) is 0 Å². The highest BCUT2D eigenvalue weighted by Gasteiger charge is 2.23. The topological polar surface area (TPSA) is 72.9 Å². The van der Waals surface area contributed by atoms with E-state index in [1.165, 1.54) is 43.4 Å². The summed E-state index contributed by atoms with van der Waals surface area (Å²) in [6.45, 7) is 5.31. The molecule has 0 spiro atoms. The van der Waals surface area contributed by atoms with Crippen molar-refractivity contribution in [1.29, 1.82) is 0 Å². The van der Waals surface area contributed by atoms with E-state index in [2.05, 4.69) is 12.2 Å². The van der Waals surface area contributed by atoms with E-state index in [1.807, 2.05) is 0 Å². The molecule has 6 heteroatoms. The lowest BCUT2D eigenvalue weighted by atomic mass is 10.1. The van der Waals surface area contributed by atoms with Crippen molar-refractivity contribution in [3.63, 3.8) is 0 Å². The number of carbonyl (C=O) groups is 2. The maximum absolute atomic E-state index is 12.0. The number of unbranched alkanes of at least 4 members (excludes halogenated alkanes) is 6. The Hall–Kier alpha value is -1.30. The van der Waals surface area contributed by atoms with E-state index in [-0.39, 0.29) is 5.91 Å². The Bertz CT molecular complexity index is 329. The molecule has 0 aromatic rings. The lowest BCUT2D eigenvalue weighted by molar-refractivity contribution is -0.131. The van der Waals surface area contributed by atoms with Crippen molar-refractivity contribution in [1.82, 2.24) is 15.1 Å². The zero-order chi connectivity index (χ0) is 16.2. The number of nitrogens with one attached hydrogen (secondary N) is 1. The van der Waals surface area contributed by atoms with Gasteiger partial charge in [-0.2, -0.15) is 0 Å². The molecule has 1 aliphatic rings. The van der Waals surface area contributed by atoms with Gasteiger partial charge in [-0.05, 0) is 13.0 Å². The maximum Gasteiger partial charge on any atom is 0.407 e. The van der Waals surface area contributed by atoms with Crippen molar-refractivity contribution in [2.45, 2.75) is 51.9 Å². The smallest absolute Gasteiger partial charge is 0.407 e. The Balaban J connectivity index is 1.97. The number of carbonyl (C=O) groups excluding carboxylic acids is 1. The predicted octanol–water partition coefficient (Wildman–Crippen LogP) is 2.15. The molecular weight excluding hydrogens is 282 g/mol. The van der Waals surface area contributed by atoms with Crippen LogP contribution in [0.4, 0.5) is 4.79 Å². The zero-order valence-electron chi connectivity index (χ0n) is 13.9. The highest BCUT2D eigenvalue weighted by Crippen LogP contribution is 2.06. The van der Waals surface area contributed by atoms with Gasteiger partial charge in [0.2, 0.25) is 5.91 Å². The van der Waals surface area contributed by atoms with E-state index < -0.39 is 6.09 Å². The molecule has 128 valence electrons. The summed E-state index contributed by atoms with van der Waals surface area (Å²) >= 11 is 0. The van der Waals surface area contributed by atoms with Crippen molar-refractivity contribution < 1.29 is 14.7 Å². The van der Waals surface area contributed by atoms with Crippen molar-refractivity contribution in [2.24, 2.45) is 0 Å². The van der Waals surface area contributed by atoms with Crippen LogP contribution in [0.5, 0.6) is 0 Å². The average molecular weight is 313 g/mol. The first-order chi connectivity index (χ1) is 10.6. The van der Waals surface area contributed by atoms with E-state index in [1.54, 1.807) is 4.90 Å². The van der Waals surface area contributed by atoms with Crippen LogP contribution in [0.3, 0.4) is 0 Å². The molecule has 2 amide bonds. The molecule has 0 radical (unpaired) electrons. The molecule has 0 aliphatic carbocycles. The third kappa shape index (κ3) is 7.64. The van der Waals surface area contributed by atoms with Gasteiger partial charge in [-0.25, -0.2) is 4.79 Å². The molecule has 1 fully saturated rings. The molecular formula is C16H31N3O3. The normalized spacial score (nSPS) is 15.1. The summed E-state index contributed by atoms with van der Waals surface area (Å²) in [5.74, 6) is 0.0768. The summed E-state index contributed by atoms with van der Waals surface area (Å²) in [6, 6.07) is 0. The summed E-state index contributed by atoms with van der Waals surface area (Å²) in [5.41, 5.74) is 0. The highest BCUT2D eigenvalue weighted by molar-refractivity contribution is 5.78. The Kier molecular flexibility index (Phi) is 9.62. The molecule has 6 nitrogen and oxygen atoms in total. The minimum absolute atomic E-state index is 0.0768. The van der Waals surface area contributed by atoms with E-state index in [4.69, 9.17) is 5.11 Å². The molecule has 1 heterocycles. The van der Waals surface area contributed by atoms with Crippen molar-refractivity contribution in [2.75, 3.05) is 39.3 Å². The molecule has 0 bridgehead atoms. The van der Waals surface area contributed by atoms with Gasteiger partial charge in [-0.1, -0.05) is 45.4 Å². The fourth-order valence-electron chi connectivity index (χ4n) is 2.66. The summed E-state index contributed by atoms with van der Waals surface area (Å²) in [4.78, 5) is 25.9. The van der Waals surface area contributed by atoms with Gasteiger partial charge >= 0.3 is 6.09 Å². The SMILES string of the molecule is CCCCCCCCCNCC(=O)N1CCN(C(=O)O)CC1. The quantitative estimate of drug-likeness (QED) is 0.606. The van der Waals surface area contributed by atoms with Crippen LogP contribution in [0.1, 0.15) is 51.9 Å². The molecule has 1 aliphatic heterocycles. The predicted molar refractivity (Wildman–Crippen MR) is 87.0 cm³/mol. The van der Waals surface area contributed by atoms with Gasteiger partial charge in [-0.3, -0.25) is 4.79 Å². The molecule has 0 aromatic carbocycles. The second-order valence-electron chi connectivity index (χ2n) is 5.95. The van der Waals surface area contributed by atoms with E-state index in [0.29, 0.717) is 32.7 Å². The summed E-state index contributed by atoms with van der Waals surface area (Å²) in [6.07, 6.45) is 8.00. The summed E-state index contributed by atoms with van der Waals surface area (Å²) < 4.78 is 0. The highest BCUT2D eigenvalue weighted by atomic mass is 16.4. The van der Waals surface area contributed by atoms with Crippen LogP contribution in [-0.2, 0) is 4.79 Å². The standard InChI is InChI=1S/C16H31N3O3/c1-2-3-4-5-6-7-8-9-17-14-15(20)18-10-12-19(13-11-18)16(21)22/h17H,2-14H2,1H3,(H,21,22). The fraction of sp³-hybridized carbons (Fsp3) is 0.875. The molecule has 1 rings (SSSR count). The van der Waals surface area contributed by atoms with Gasteiger partial charge < -0.3 is 20.2 Å². The monoisotopic (exact) mass is 313 g/mol. The minimum Gasteiger partial charge on any atom is -0.465 e. The molecule has 0 atom stereocenters. The molecule has 0 aromatic heterocycles. The lowest BCUT2D eigenvalue weighted by Gasteiger charge is -2.33. The number of piperazine rings is 1. The second-order valence-corrected chi connectivity index (χ2v) is 5.95. The number of rotatable bonds is 10. The van der Waals surface area contributed by atoms with Gasteiger partial charge in [0.1, 0.15) is 0 Å². The Morgan fingerprint density at radius 2 is 1.45 bits per heavy atom. The largest absolute Gasteiger partial charge is 0.465 e. The van der Waals surface area contributed by atoms with Crippen LogP contribution in [-0.4, -0.2) is 66.2 Å². The third-order valence-corrected chi connectivity index (χ3v) is 4.14.